The van der Waals surface area contributed by atoms with E-state index in [1.54, 1.807) is 0 Å². The van der Waals surface area contributed by atoms with Crippen LogP contribution in [0.15, 0.2) is 0 Å². The zero-order valence-corrected chi connectivity index (χ0v) is 8.74. The molecule has 0 radical (unpaired) electrons. The SMILES string of the molecule is O=C(O)CN(CO)CCN(CO)CC(=O)O. The van der Waals surface area contributed by atoms with Crippen molar-refractivity contribution in [3.63, 3.8) is 0 Å². The van der Waals surface area contributed by atoms with E-state index in [2.05, 4.69) is 0 Å². The van der Waals surface area contributed by atoms with Crippen LogP contribution in [-0.2, 0) is 9.59 Å². The van der Waals surface area contributed by atoms with Gasteiger partial charge >= 0.3 is 11.9 Å². The van der Waals surface area contributed by atoms with Gasteiger partial charge in [0, 0.05) is 13.1 Å². The predicted molar refractivity (Wildman–Crippen MR) is 52.6 cm³/mol. The maximum atomic E-state index is 10.4. The Morgan fingerprint density at radius 3 is 1.31 bits per heavy atom. The molecular weight excluding hydrogens is 220 g/mol. The molecule has 0 spiro atoms. The molecule has 0 saturated carbocycles. The lowest BCUT2D eigenvalue weighted by Gasteiger charge is -2.22. The largest absolute Gasteiger partial charge is 0.480 e. The number of aliphatic hydroxyl groups excluding tert-OH is 2. The third-order valence-electron chi connectivity index (χ3n) is 1.85. The number of hydrogen-bond acceptors (Lipinski definition) is 6. The van der Waals surface area contributed by atoms with Crippen molar-refractivity contribution in [2.24, 2.45) is 0 Å². The molecule has 0 saturated heterocycles. The molecule has 0 aliphatic heterocycles. The van der Waals surface area contributed by atoms with Crippen molar-refractivity contribution in [3.8, 4) is 0 Å². The summed E-state index contributed by atoms with van der Waals surface area (Å²) in [5.41, 5.74) is 0. The second-order valence-electron chi connectivity index (χ2n) is 3.18. The van der Waals surface area contributed by atoms with E-state index < -0.39 is 25.4 Å². The van der Waals surface area contributed by atoms with Gasteiger partial charge in [-0.05, 0) is 0 Å². The normalized spacial score (nSPS) is 11.0. The third kappa shape index (κ3) is 7.12. The highest BCUT2D eigenvalue weighted by Gasteiger charge is 2.12. The Morgan fingerprint density at radius 1 is 0.812 bits per heavy atom. The van der Waals surface area contributed by atoms with Crippen molar-refractivity contribution in [3.05, 3.63) is 0 Å². The van der Waals surface area contributed by atoms with Crippen LogP contribution in [0.1, 0.15) is 0 Å². The Kier molecular flexibility index (Phi) is 7.38. The molecule has 0 atom stereocenters. The molecule has 0 amide bonds. The number of aliphatic carboxylic acids is 2. The van der Waals surface area contributed by atoms with Gasteiger partial charge in [0.1, 0.15) is 0 Å². The Bertz CT molecular complexity index is 211. The van der Waals surface area contributed by atoms with Crippen molar-refractivity contribution in [1.29, 1.82) is 0 Å². The average molecular weight is 236 g/mol. The summed E-state index contributed by atoms with van der Waals surface area (Å²) in [4.78, 5) is 23.1. The van der Waals surface area contributed by atoms with E-state index >= 15 is 0 Å². The first kappa shape index (κ1) is 14.8. The predicted octanol–water partition coefficient (Wildman–Crippen LogP) is -2.34. The van der Waals surface area contributed by atoms with Gasteiger partial charge < -0.3 is 20.4 Å². The average Bonchev–Trinajstić information content (AvgIpc) is 2.20. The van der Waals surface area contributed by atoms with E-state index in [1.807, 2.05) is 0 Å². The lowest BCUT2D eigenvalue weighted by molar-refractivity contribution is -0.141. The van der Waals surface area contributed by atoms with E-state index in [1.165, 1.54) is 9.80 Å². The highest BCUT2D eigenvalue weighted by molar-refractivity contribution is 5.69. The van der Waals surface area contributed by atoms with E-state index in [9.17, 15) is 9.59 Å². The number of nitrogens with zero attached hydrogens (tertiary/aromatic N) is 2. The molecule has 0 fully saturated rings. The van der Waals surface area contributed by atoms with Crippen LogP contribution < -0.4 is 0 Å². The maximum absolute atomic E-state index is 10.4. The van der Waals surface area contributed by atoms with Crippen molar-refractivity contribution >= 4 is 11.9 Å². The van der Waals surface area contributed by atoms with Crippen molar-refractivity contribution in [2.75, 3.05) is 39.6 Å². The standard InChI is InChI=1S/C8H16N2O6/c11-5-9(3-7(13)14)1-2-10(6-12)4-8(15)16/h11-12H,1-6H2,(H,13,14)(H,15,16). The maximum Gasteiger partial charge on any atom is 0.317 e. The third-order valence-corrected chi connectivity index (χ3v) is 1.85. The second kappa shape index (κ2) is 7.99. The fraction of sp³-hybridized carbons (Fsp3) is 0.750. The number of hydrogen-bond donors (Lipinski definition) is 4. The van der Waals surface area contributed by atoms with E-state index in [0.29, 0.717) is 0 Å². The second-order valence-corrected chi connectivity index (χ2v) is 3.18. The highest BCUT2D eigenvalue weighted by atomic mass is 16.4. The number of carbonyl (C=O) groups is 2. The smallest absolute Gasteiger partial charge is 0.317 e. The minimum atomic E-state index is -1.08. The van der Waals surface area contributed by atoms with Gasteiger partial charge in [-0.2, -0.15) is 0 Å². The number of aliphatic hydroxyl groups is 2. The number of carboxylic acids is 2. The van der Waals surface area contributed by atoms with Crippen molar-refractivity contribution < 1.29 is 30.0 Å². The molecular formula is C8H16N2O6. The van der Waals surface area contributed by atoms with Gasteiger partial charge in [0.05, 0.1) is 26.6 Å². The molecule has 0 rings (SSSR count). The molecule has 0 aliphatic carbocycles. The highest BCUT2D eigenvalue weighted by Crippen LogP contribution is 1.91. The summed E-state index contributed by atoms with van der Waals surface area (Å²) in [6.45, 7) is -1.20. The van der Waals surface area contributed by atoms with Gasteiger partial charge in [0.25, 0.3) is 0 Å². The van der Waals surface area contributed by atoms with E-state index in [0.717, 1.165) is 0 Å². The molecule has 0 heterocycles. The van der Waals surface area contributed by atoms with Crippen LogP contribution >= 0.6 is 0 Å². The van der Waals surface area contributed by atoms with Crippen LogP contribution in [0.5, 0.6) is 0 Å². The summed E-state index contributed by atoms with van der Waals surface area (Å²) in [6.07, 6.45) is 0. The van der Waals surface area contributed by atoms with E-state index in [4.69, 9.17) is 20.4 Å². The number of carboxylic acid groups (broad SMARTS) is 2. The molecule has 94 valence electrons. The Balaban J connectivity index is 3.96. The van der Waals surface area contributed by atoms with Crippen LogP contribution in [-0.4, -0.2) is 81.8 Å². The zero-order chi connectivity index (χ0) is 12.6. The first-order chi connectivity index (χ1) is 7.49. The minimum Gasteiger partial charge on any atom is -0.480 e. The monoisotopic (exact) mass is 236 g/mol. The molecule has 0 aromatic rings. The molecule has 0 unspecified atom stereocenters. The summed E-state index contributed by atoms with van der Waals surface area (Å²) < 4.78 is 0. The van der Waals surface area contributed by atoms with Crippen LogP contribution in [0.2, 0.25) is 0 Å². The lowest BCUT2D eigenvalue weighted by Crippen LogP contribution is -2.40. The van der Waals surface area contributed by atoms with Gasteiger partial charge in [-0.3, -0.25) is 19.4 Å². The molecule has 4 N–H and O–H groups in total. The fourth-order valence-corrected chi connectivity index (χ4v) is 1.06. The zero-order valence-electron chi connectivity index (χ0n) is 8.74. The minimum absolute atomic E-state index is 0.163. The van der Waals surface area contributed by atoms with Crippen LogP contribution in [0.25, 0.3) is 0 Å². The summed E-state index contributed by atoms with van der Waals surface area (Å²) in [5, 5.41) is 34.6. The summed E-state index contributed by atoms with van der Waals surface area (Å²) in [6, 6.07) is 0. The lowest BCUT2D eigenvalue weighted by atomic mass is 10.4. The van der Waals surface area contributed by atoms with Crippen molar-refractivity contribution in [2.45, 2.75) is 0 Å². The van der Waals surface area contributed by atoms with Gasteiger partial charge in [0.2, 0.25) is 0 Å². The fourth-order valence-electron chi connectivity index (χ4n) is 1.06. The van der Waals surface area contributed by atoms with Gasteiger partial charge in [0.15, 0.2) is 0 Å². The van der Waals surface area contributed by atoms with Gasteiger partial charge in [-0.1, -0.05) is 0 Å². The summed E-state index contributed by atoms with van der Waals surface area (Å²) >= 11 is 0. The van der Waals surface area contributed by atoms with Gasteiger partial charge in [-0.25, -0.2) is 0 Å². The molecule has 8 nitrogen and oxygen atoms in total. The Labute approximate surface area is 92.3 Å². The molecule has 0 aromatic heterocycles. The first-order valence-corrected chi connectivity index (χ1v) is 4.59. The van der Waals surface area contributed by atoms with E-state index in [-0.39, 0.29) is 26.2 Å². The quantitative estimate of drug-likeness (QED) is 0.328. The molecule has 0 aliphatic rings. The number of rotatable bonds is 9. The Hall–Kier alpha value is -1.22. The van der Waals surface area contributed by atoms with Crippen LogP contribution in [0, 0.1) is 0 Å². The molecule has 0 aromatic carbocycles. The summed E-state index contributed by atoms with van der Waals surface area (Å²) in [5.74, 6) is -2.16. The first-order valence-electron chi connectivity index (χ1n) is 4.59. The molecule has 16 heavy (non-hydrogen) atoms. The molecule has 0 bridgehead atoms. The summed E-state index contributed by atoms with van der Waals surface area (Å²) in [7, 11) is 0. The van der Waals surface area contributed by atoms with Gasteiger partial charge in [-0.15, -0.1) is 0 Å². The Morgan fingerprint density at radius 2 is 1.12 bits per heavy atom. The molecule has 8 heteroatoms. The van der Waals surface area contributed by atoms with Crippen molar-refractivity contribution in [1.82, 2.24) is 9.80 Å². The van der Waals surface area contributed by atoms with Crippen LogP contribution in [0.3, 0.4) is 0 Å². The van der Waals surface area contributed by atoms with Crippen LogP contribution in [0.4, 0.5) is 0 Å². The topological polar surface area (TPSA) is 122 Å².